The van der Waals surface area contributed by atoms with Crippen molar-refractivity contribution in [2.45, 2.75) is 26.3 Å². The van der Waals surface area contributed by atoms with E-state index in [4.69, 9.17) is 0 Å². The van der Waals surface area contributed by atoms with Crippen molar-refractivity contribution >= 4 is 17.7 Å². The van der Waals surface area contributed by atoms with Crippen LogP contribution in [0.3, 0.4) is 0 Å². The molecule has 0 saturated carbocycles. The molecular weight excluding hydrogens is 208 g/mol. The molecule has 2 rings (SSSR count). The Bertz CT molecular complexity index is 400. The summed E-state index contributed by atoms with van der Waals surface area (Å²) in [6.07, 6.45) is 2.46. The smallest absolute Gasteiger partial charge is 0.232 e. The van der Waals surface area contributed by atoms with Gasteiger partial charge in [-0.15, -0.1) is 0 Å². The van der Waals surface area contributed by atoms with E-state index in [0.717, 1.165) is 5.57 Å². The molecule has 1 saturated heterocycles. The number of fused-ring (bicyclic) bond motifs is 1. The molecule has 0 aromatic heterocycles. The second kappa shape index (κ2) is 3.73. The fourth-order valence-corrected chi connectivity index (χ4v) is 2.47. The van der Waals surface area contributed by atoms with E-state index in [1.165, 1.54) is 6.92 Å². The van der Waals surface area contributed by atoms with Crippen molar-refractivity contribution in [2.24, 2.45) is 11.8 Å². The van der Waals surface area contributed by atoms with Gasteiger partial charge in [-0.3, -0.25) is 19.7 Å². The lowest BCUT2D eigenvalue weighted by Crippen LogP contribution is -2.45. The van der Waals surface area contributed by atoms with E-state index in [1.54, 1.807) is 0 Å². The zero-order chi connectivity index (χ0) is 11.9. The van der Waals surface area contributed by atoms with Crippen molar-refractivity contribution in [2.75, 3.05) is 0 Å². The molecule has 1 heterocycles. The fraction of sp³-hybridized carbons (Fsp3) is 0.545. The van der Waals surface area contributed by atoms with Gasteiger partial charge in [-0.1, -0.05) is 11.6 Å². The van der Waals surface area contributed by atoms with Crippen LogP contribution in [-0.2, 0) is 14.4 Å². The number of hydrogen-bond acceptors (Lipinski definition) is 3. The highest BCUT2D eigenvalue weighted by Crippen LogP contribution is 2.33. The SMILES string of the molecule is CC(=O)NC1C=C(C)CC2C(=O)NC(=O)C12. The van der Waals surface area contributed by atoms with Gasteiger partial charge in [0.2, 0.25) is 17.7 Å². The average molecular weight is 222 g/mol. The molecule has 5 heteroatoms. The molecule has 0 spiro atoms. The molecule has 3 amide bonds. The third kappa shape index (κ3) is 1.73. The van der Waals surface area contributed by atoms with Crippen LogP contribution < -0.4 is 10.6 Å². The standard InChI is InChI=1S/C11H14N2O3/c1-5-3-7-9(11(16)13-10(7)15)8(4-5)12-6(2)14/h4,7-9H,3H2,1-2H3,(H,12,14)(H,13,15,16). The van der Waals surface area contributed by atoms with Crippen LogP contribution in [0, 0.1) is 11.8 Å². The van der Waals surface area contributed by atoms with Crippen LogP contribution in [0.2, 0.25) is 0 Å². The molecule has 0 aromatic rings. The Morgan fingerprint density at radius 2 is 2.12 bits per heavy atom. The van der Waals surface area contributed by atoms with Crippen molar-refractivity contribution in [1.82, 2.24) is 10.6 Å². The molecule has 0 bridgehead atoms. The largest absolute Gasteiger partial charge is 0.349 e. The van der Waals surface area contributed by atoms with Crippen molar-refractivity contribution in [3.63, 3.8) is 0 Å². The minimum Gasteiger partial charge on any atom is -0.349 e. The number of hydrogen-bond donors (Lipinski definition) is 2. The van der Waals surface area contributed by atoms with Gasteiger partial charge in [0, 0.05) is 6.92 Å². The Labute approximate surface area is 93.3 Å². The van der Waals surface area contributed by atoms with Crippen molar-refractivity contribution in [1.29, 1.82) is 0 Å². The second-order valence-electron chi connectivity index (χ2n) is 4.43. The summed E-state index contributed by atoms with van der Waals surface area (Å²) in [5, 5.41) is 5.03. The Hall–Kier alpha value is -1.65. The predicted octanol–water partition coefficient (Wildman–Crippen LogP) is -0.270. The van der Waals surface area contributed by atoms with E-state index < -0.39 is 5.92 Å². The van der Waals surface area contributed by atoms with E-state index in [2.05, 4.69) is 10.6 Å². The van der Waals surface area contributed by atoms with Gasteiger partial charge in [0.1, 0.15) is 0 Å². The molecule has 16 heavy (non-hydrogen) atoms. The summed E-state index contributed by atoms with van der Waals surface area (Å²) in [4.78, 5) is 34.2. The Kier molecular flexibility index (Phi) is 2.53. The highest BCUT2D eigenvalue weighted by Gasteiger charge is 2.47. The third-order valence-electron chi connectivity index (χ3n) is 3.08. The first-order valence-electron chi connectivity index (χ1n) is 5.28. The zero-order valence-corrected chi connectivity index (χ0v) is 9.24. The summed E-state index contributed by atoms with van der Waals surface area (Å²) in [6, 6.07) is -0.359. The van der Waals surface area contributed by atoms with Crippen LogP contribution in [0.4, 0.5) is 0 Å². The van der Waals surface area contributed by atoms with Crippen LogP contribution in [-0.4, -0.2) is 23.8 Å². The van der Waals surface area contributed by atoms with Crippen LogP contribution >= 0.6 is 0 Å². The van der Waals surface area contributed by atoms with Gasteiger partial charge in [0.25, 0.3) is 0 Å². The molecule has 2 aliphatic rings. The van der Waals surface area contributed by atoms with Crippen LogP contribution in [0.15, 0.2) is 11.6 Å². The van der Waals surface area contributed by atoms with E-state index in [0.29, 0.717) is 6.42 Å². The van der Waals surface area contributed by atoms with Gasteiger partial charge in [0.15, 0.2) is 0 Å². The number of rotatable bonds is 1. The quantitative estimate of drug-likeness (QED) is 0.473. The fourth-order valence-electron chi connectivity index (χ4n) is 2.47. The molecule has 86 valence electrons. The number of amides is 3. The highest BCUT2D eigenvalue weighted by molar-refractivity contribution is 6.06. The lowest BCUT2D eigenvalue weighted by molar-refractivity contribution is -0.126. The first-order chi connectivity index (χ1) is 7.49. The molecule has 1 fully saturated rings. The third-order valence-corrected chi connectivity index (χ3v) is 3.08. The summed E-state index contributed by atoms with van der Waals surface area (Å²) in [7, 11) is 0. The lowest BCUT2D eigenvalue weighted by Gasteiger charge is -2.28. The summed E-state index contributed by atoms with van der Waals surface area (Å²) < 4.78 is 0. The maximum Gasteiger partial charge on any atom is 0.232 e. The van der Waals surface area contributed by atoms with Gasteiger partial charge in [0.05, 0.1) is 17.9 Å². The van der Waals surface area contributed by atoms with E-state index in [1.807, 2.05) is 13.0 Å². The van der Waals surface area contributed by atoms with Gasteiger partial charge < -0.3 is 5.32 Å². The number of carbonyl (C=O) groups excluding carboxylic acids is 3. The zero-order valence-electron chi connectivity index (χ0n) is 9.24. The molecule has 3 unspecified atom stereocenters. The summed E-state index contributed by atoms with van der Waals surface area (Å²) in [6.45, 7) is 3.31. The minimum atomic E-state index is -0.444. The Morgan fingerprint density at radius 3 is 2.75 bits per heavy atom. The number of carbonyl (C=O) groups is 3. The monoisotopic (exact) mass is 222 g/mol. The van der Waals surface area contributed by atoms with Crippen LogP contribution in [0.5, 0.6) is 0 Å². The number of imide groups is 1. The van der Waals surface area contributed by atoms with Gasteiger partial charge in [-0.25, -0.2) is 0 Å². The van der Waals surface area contributed by atoms with E-state index >= 15 is 0 Å². The molecule has 0 aromatic carbocycles. The molecule has 3 atom stereocenters. The van der Waals surface area contributed by atoms with Crippen molar-refractivity contribution in [3.05, 3.63) is 11.6 Å². The van der Waals surface area contributed by atoms with Crippen LogP contribution in [0.1, 0.15) is 20.3 Å². The van der Waals surface area contributed by atoms with Crippen molar-refractivity contribution < 1.29 is 14.4 Å². The molecule has 5 nitrogen and oxygen atoms in total. The maximum absolute atomic E-state index is 11.6. The molecule has 1 aliphatic heterocycles. The predicted molar refractivity (Wildman–Crippen MR) is 56.1 cm³/mol. The highest BCUT2D eigenvalue weighted by atomic mass is 16.2. The van der Waals surface area contributed by atoms with Gasteiger partial charge >= 0.3 is 0 Å². The maximum atomic E-state index is 11.6. The lowest BCUT2D eigenvalue weighted by atomic mass is 9.78. The normalized spacial score (nSPS) is 32.9. The molecular formula is C11H14N2O3. The summed E-state index contributed by atoms with van der Waals surface area (Å²) >= 11 is 0. The minimum absolute atomic E-state index is 0.193. The first-order valence-corrected chi connectivity index (χ1v) is 5.28. The summed E-state index contributed by atoms with van der Waals surface area (Å²) in [5.74, 6) is -1.47. The summed E-state index contributed by atoms with van der Waals surface area (Å²) in [5.41, 5.74) is 1.03. The molecule has 0 radical (unpaired) electrons. The molecule has 1 aliphatic carbocycles. The van der Waals surface area contributed by atoms with Crippen LogP contribution in [0.25, 0.3) is 0 Å². The van der Waals surface area contributed by atoms with E-state index in [9.17, 15) is 14.4 Å². The molecule has 2 N–H and O–H groups in total. The Morgan fingerprint density at radius 1 is 1.44 bits per heavy atom. The van der Waals surface area contributed by atoms with E-state index in [-0.39, 0.29) is 29.7 Å². The Balaban J connectivity index is 2.29. The van der Waals surface area contributed by atoms with Gasteiger partial charge in [-0.05, 0) is 13.3 Å². The number of allylic oxidation sites excluding steroid dienone is 1. The second-order valence-corrected chi connectivity index (χ2v) is 4.43. The topological polar surface area (TPSA) is 75.3 Å². The van der Waals surface area contributed by atoms with Crippen molar-refractivity contribution in [3.8, 4) is 0 Å². The average Bonchev–Trinajstić information content (AvgIpc) is 2.40. The number of nitrogens with one attached hydrogen (secondary N) is 2. The van der Waals surface area contributed by atoms with Gasteiger partial charge in [-0.2, -0.15) is 0 Å². The first kappa shape index (κ1) is 10.9.